The lowest BCUT2D eigenvalue weighted by Crippen LogP contribution is -2.26. The zero-order valence-electron chi connectivity index (χ0n) is 11.1. The number of rotatable bonds is 2. The smallest absolute Gasteiger partial charge is 0.0593 e. The topological polar surface area (TPSA) is 38.5 Å². The summed E-state index contributed by atoms with van der Waals surface area (Å²) < 4.78 is 5.49. The minimum atomic E-state index is 0.827. The van der Waals surface area contributed by atoms with E-state index in [1.165, 1.54) is 16.3 Å². The summed E-state index contributed by atoms with van der Waals surface area (Å²) in [7, 11) is 0. The molecule has 0 amide bonds. The number of benzene rings is 2. The van der Waals surface area contributed by atoms with Gasteiger partial charge >= 0.3 is 0 Å². The maximum Gasteiger partial charge on any atom is 0.0593 e. The van der Waals surface area contributed by atoms with Crippen LogP contribution in [-0.2, 0) is 11.3 Å². The van der Waals surface area contributed by atoms with Crippen LogP contribution in [0.2, 0.25) is 0 Å². The van der Waals surface area contributed by atoms with Gasteiger partial charge in [0.2, 0.25) is 0 Å². The van der Waals surface area contributed by atoms with Gasteiger partial charge in [0.1, 0.15) is 0 Å². The van der Waals surface area contributed by atoms with E-state index in [0.29, 0.717) is 0 Å². The Bertz CT molecular complexity index is 560. The lowest BCUT2D eigenvalue weighted by Gasteiger charge is -2.20. The van der Waals surface area contributed by atoms with E-state index in [2.05, 4.69) is 35.2 Å². The molecule has 0 aliphatic carbocycles. The minimum absolute atomic E-state index is 0.827. The number of nitrogens with zero attached hydrogens (tertiary/aromatic N) is 1. The predicted molar refractivity (Wildman–Crippen MR) is 79.1 cm³/mol. The summed E-state index contributed by atoms with van der Waals surface area (Å²) in [6.45, 7) is 4.70. The van der Waals surface area contributed by atoms with Crippen molar-refractivity contribution in [1.29, 1.82) is 0 Å². The highest BCUT2D eigenvalue weighted by Crippen LogP contribution is 2.23. The molecule has 3 nitrogen and oxygen atoms in total. The Morgan fingerprint density at radius 3 is 2.68 bits per heavy atom. The second-order valence-corrected chi connectivity index (χ2v) is 5.14. The molecule has 0 unspecified atom stereocenters. The summed E-state index contributed by atoms with van der Waals surface area (Å²) in [6, 6.07) is 12.7. The fourth-order valence-corrected chi connectivity index (χ4v) is 2.64. The summed E-state index contributed by atoms with van der Waals surface area (Å²) >= 11 is 0. The molecule has 0 saturated carbocycles. The average molecular weight is 256 g/mol. The average Bonchev–Trinajstić information content (AvgIpc) is 2.68. The molecule has 0 radical (unpaired) electrons. The minimum Gasteiger partial charge on any atom is -0.398 e. The number of ether oxygens (including phenoxy) is 1. The van der Waals surface area contributed by atoms with Gasteiger partial charge in [-0.05, 0) is 34.9 Å². The summed E-state index contributed by atoms with van der Waals surface area (Å²) in [5.41, 5.74) is 8.30. The maximum atomic E-state index is 6.18. The van der Waals surface area contributed by atoms with Crippen molar-refractivity contribution in [2.75, 3.05) is 32.0 Å². The molecule has 2 aromatic carbocycles. The number of hydrogen-bond donors (Lipinski definition) is 1. The van der Waals surface area contributed by atoms with E-state index in [4.69, 9.17) is 10.5 Å². The van der Waals surface area contributed by atoms with Gasteiger partial charge in [-0.3, -0.25) is 4.90 Å². The second kappa shape index (κ2) is 5.59. The first-order valence-corrected chi connectivity index (χ1v) is 6.90. The number of anilines is 1. The highest BCUT2D eigenvalue weighted by atomic mass is 16.5. The van der Waals surface area contributed by atoms with Crippen LogP contribution in [-0.4, -0.2) is 31.2 Å². The molecule has 0 aromatic heterocycles. The van der Waals surface area contributed by atoms with Crippen LogP contribution in [0, 0.1) is 0 Å². The molecule has 1 aliphatic rings. The van der Waals surface area contributed by atoms with Gasteiger partial charge in [-0.1, -0.05) is 24.3 Å². The molecule has 0 atom stereocenters. The highest BCUT2D eigenvalue weighted by Gasteiger charge is 2.11. The number of nitrogen functional groups attached to an aromatic ring is 1. The number of hydrogen-bond acceptors (Lipinski definition) is 3. The molecule has 3 rings (SSSR count). The maximum absolute atomic E-state index is 6.18. The van der Waals surface area contributed by atoms with Gasteiger partial charge in [-0.2, -0.15) is 0 Å². The highest BCUT2D eigenvalue weighted by molar-refractivity contribution is 5.86. The van der Waals surface area contributed by atoms with Gasteiger partial charge in [0, 0.05) is 31.9 Å². The van der Waals surface area contributed by atoms with Crippen LogP contribution in [0.1, 0.15) is 12.0 Å². The first-order valence-electron chi connectivity index (χ1n) is 6.90. The van der Waals surface area contributed by atoms with Crippen LogP contribution in [0.5, 0.6) is 0 Å². The third-order valence-electron chi connectivity index (χ3n) is 3.72. The first-order chi connectivity index (χ1) is 9.33. The molecule has 1 heterocycles. The fourth-order valence-electron chi connectivity index (χ4n) is 2.64. The Kier molecular flexibility index (Phi) is 3.67. The molecule has 2 aromatic rings. The largest absolute Gasteiger partial charge is 0.398 e. The summed E-state index contributed by atoms with van der Waals surface area (Å²) in [4.78, 5) is 2.42. The van der Waals surface area contributed by atoms with Crippen molar-refractivity contribution in [1.82, 2.24) is 4.90 Å². The van der Waals surface area contributed by atoms with E-state index in [9.17, 15) is 0 Å². The standard InChI is InChI=1S/C16H20N2O/c17-16-11-14-5-2-1-4-13(14)10-15(16)12-18-6-3-8-19-9-7-18/h1-2,4-5,10-11H,3,6-9,12,17H2. The van der Waals surface area contributed by atoms with Crippen molar-refractivity contribution in [3.63, 3.8) is 0 Å². The quantitative estimate of drug-likeness (QED) is 0.839. The molecule has 3 heteroatoms. The third kappa shape index (κ3) is 2.88. The second-order valence-electron chi connectivity index (χ2n) is 5.14. The number of nitrogens with two attached hydrogens (primary N) is 1. The monoisotopic (exact) mass is 256 g/mol. The van der Waals surface area contributed by atoms with Gasteiger partial charge in [0.05, 0.1) is 6.61 Å². The van der Waals surface area contributed by atoms with Crippen LogP contribution in [0.25, 0.3) is 10.8 Å². The van der Waals surface area contributed by atoms with E-state index in [1.54, 1.807) is 0 Å². The van der Waals surface area contributed by atoms with Gasteiger partial charge < -0.3 is 10.5 Å². The molecule has 100 valence electrons. The van der Waals surface area contributed by atoms with Crippen LogP contribution >= 0.6 is 0 Å². The van der Waals surface area contributed by atoms with Crippen molar-refractivity contribution in [2.45, 2.75) is 13.0 Å². The zero-order chi connectivity index (χ0) is 13.1. The molecule has 1 fully saturated rings. The summed E-state index contributed by atoms with van der Waals surface area (Å²) in [6.07, 6.45) is 1.10. The summed E-state index contributed by atoms with van der Waals surface area (Å²) in [5.74, 6) is 0. The Balaban J connectivity index is 1.85. The van der Waals surface area contributed by atoms with Crippen molar-refractivity contribution in [2.24, 2.45) is 0 Å². The third-order valence-corrected chi connectivity index (χ3v) is 3.72. The molecule has 0 bridgehead atoms. The van der Waals surface area contributed by atoms with Crippen molar-refractivity contribution in [3.05, 3.63) is 42.0 Å². The van der Waals surface area contributed by atoms with Crippen LogP contribution < -0.4 is 5.73 Å². The fraction of sp³-hybridized carbons (Fsp3) is 0.375. The lowest BCUT2D eigenvalue weighted by atomic mass is 10.0. The molecule has 1 saturated heterocycles. The molecule has 1 aliphatic heterocycles. The van der Waals surface area contributed by atoms with Gasteiger partial charge in [0.15, 0.2) is 0 Å². The zero-order valence-corrected chi connectivity index (χ0v) is 11.1. The molecule has 19 heavy (non-hydrogen) atoms. The van der Waals surface area contributed by atoms with Crippen LogP contribution in [0.3, 0.4) is 0 Å². The van der Waals surface area contributed by atoms with E-state index in [-0.39, 0.29) is 0 Å². The normalized spacial score (nSPS) is 17.5. The van der Waals surface area contributed by atoms with Crippen molar-refractivity contribution >= 4 is 16.5 Å². The predicted octanol–water partition coefficient (Wildman–Crippen LogP) is 2.64. The van der Waals surface area contributed by atoms with Gasteiger partial charge in [0.25, 0.3) is 0 Å². The van der Waals surface area contributed by atoms with Gasteiger partial charge in [-0.25, -0.2) is 0 Å². The van der Waals surface area contributed by atoms with E-state index in [0.717, 1.165) is 45.0 Å². The van der Waals surface area contributed by atoms with Crippen LogP contribution in [0.15, 0.2) is 36.4 Å². The van der Waals surface area contributed by atoms with Crippen LogP contribution in [0.4, 0.5) is 5.69 Å². The van der Waals surface area contributed by atoms with E-state index in [1.807, 2.05) is 6.07 Å². The Morgan fingerprint density at radius 2 is 1.84 bits per heavy atom. The Hall–Kier alpha value is -1.58. The lowest BCUT2D eigenvalue weighted by molar-refractivity contribution is 0.140. The molecule has 0 spiro atoms. The van der Waals surface area contributed by atoms with E-state index < -0.39 is 0 Å². The molecule has 2 N–H and O–H groups in total. The Morgan fingerprint density at radius 1 is 1.05 bits per heavy atom. The van der Waals surface area contributed by atoms with Gasteiger partial charge in [-0.15, -0.1) is 0 Å². The number of fused-ring (bicyclic) bond motifs is 1. The Labute approximate surface area is 114 Å². The first kappa shape index (κ1) is 12.5. The van der Waals surface area contributed by atoms with E-state index >= 15 is 0 Å². The molecular weight excluding hydrogens is 236 g/mol. The SMILES string of the molecule is Nc1cc2ccccc2cc1CN1CCCOCC1. The molecular formula is C16H20N2O. The van der Waals surface area contributed by atoms with Crippen molar-refractivity contribution < 1.29 is 4.74 Å². The summed E-state index contributed by atoms with van der Waals surface area (Å²) in [5, 5.41) is 2.47. The van der Waals surface area contributed by atoms with Crippen molar-refractivity contribution in [3.8, 4) is 0 Å².